The molecule has 1 unspecified atom stereocenters. The Labute approximate surface area is 122 Å². The highest BCUT2D eigenvalue weighted by atomic mass is 14.9. The number of hydrogen-bond donors (Lipinski definition) is 1. The summed E-state index contributed by atoms with van der Waals surface area (Å²) in [7, 11) is 0. The number of fused-ring (bicyclic) bond motifs is 1. The average molecular weight is 270 g/mol. The van der Waals surface area contributed by atoms with Gasteiger partial charge in [-0.2, -0.15) is 0 Å². The highest BCUT2D eigenvalue weighted by Gasteiger charge is 2.21. The average Bonchev–Trinajstić information content (AvgIpc) is 2.41. The summed E-state index contributed by atoms with van der Waals surface area (Å²) < 4.78 is 0. The number of nitrogens with one attached hydrogen (secondary N) is 1. The van der Waals surface area contributed by atoms with Crippen molar-refractivity contribution < 1.29 is 0 Å². The standard InChI is InChI=1S/C18H26N2/c1-5-10-20-17(11-18(2,3)4)16-13-19-12-14-8-6-7-9-15(14)16/h6-9,12-13,17,20H,5,10-11H2,1-4H3. The molecule has 0 aliphatic carbocycles. The third kappa shape index (κ3) is 3.80. The van der Waals surface area contributed by atoms with E-state index in [2.05, 4.69) is 62.3 Å². The Morgan fingerprint density at radius 2 is 1.90 bits per heavy atom. The first-order valence-electron chi connectivity index (χ1n) is 7.57. The van der Waals surface area contributed by atoms with E-state index in [0.29, 0.717) is 11.5 Å². The molecule has 0 spiro atoms. The molecule has 0 radical (unpaired) electrons. The molecule has 20 heavy (non-hydrogen) atoms. The first-order chi connectivity index (χ1) is 9.51. The van der Waals surface area contributed by atoms with Gasteiger partial charge in [-0.3, -0.25) is 4.98 Å². The number of pyridine rings is 1. The fourth-order valence-electron chi connectivity index (χ4n) is 2.64. The van der Waals surface area contributed by atoms with Crippen molar-refractivity contribution in [1.29, 1.82) is 0 Å². The van der Waals surface area contributed by atoms with E-state index in [9.17, 15) is 0 Å². The van der Waals surface area contributed by atoms with Crippen LogP contribution < -0.4 is 5.32 Å². The van der Waals surface area contributed by atoms with Crippen molar-refractivity contribution in [3.05, 3.63) is 42.2 Å². The molecular weight excluding hydrogens is 244 g/mol. The zero-order valence-electron chi connectivity index (χ0n) is 13.1. The predicted molar refractivity (Wildman–Crippen MR) is 86.8 cm³/mol. The molecule has 1 heterocycles. The van der Waals surface area contributed by atoms with E-state index < -0.39 is 0 Å². The summed E-state index contributed by atoms with van der Waals surface area (Å²) in [5, 5.41) is 6.24. The largest absolute Gasteiger partial charge is 0.310 e. The number of aromatic nitrogens is 1. The molecule has 0 fully saturated rings. The maximum Gasteiger partial charge on any atom is 0.0346 e. The van der Waals surface area contributed by atoms with Gasteiger partial charge in [-0.05, 0) is 35.8 Å². The molecule has 0 saturated carbocycles. The Morgan fingerprint density at radius 1 is 1.15 bits per heavy atom. The van der Waals surface area contributed by atoms with Crippen LogP contribution in [0, 0.1) is 5.41 Å². The Balaban J connectivity index is 2.39. The summed E-state index contributed by atoms with van der Waals surface area (Å²) >= 11 is 0. The van der Waals surface area contributed by atoms with Gasteiger partial charge in [0.25, 0.3) is 0 Å². The molecule has 2 rings (SSSR count). The van der Waals surface area contributed by atoms with Gasteiger partial charge >= 0.3 is 0 Å². The second-order valence-corrected chi connectivity index (χ2v) is 6.72. The maximum absolute atomic E-state index is 4.43. The van der Waals surface area contributed by atoms with Gasteiger partial charge in [-0.25, -0.2) is 0 Å². The molecule has 0 saturated heterocycles. The number of benzene rings is 1. The Hall–Kier alpha value is -1.41. The van der Waals surface area contributed by atoms with Crippen molar-refractivity contribution in [1.82, 2.24) is 10.3 Å². The molecule has 1 aromatic heterocycles. The monoisotopic (exact) mass is 270 g/mol. The van der Waals surface area contributed by atoms with E-state index in [1.807, 2.05) is 12.4 Å². The van der Waals surface area contributed by atoms with E-state index >= 15 is 0 Å². The van der Waals surface area contributed by atoms with Gasteiger partial charge in [-0.1, -0.05) is 52.0 Å². The molecule has 1 atom stereocenters. The molecule has 0 amide bonds. The topological polar surface area (TPSA) is 24.9 Å². The second kappa shape index (κ2) is 6.36. The van der Waals surface area contributed by atoms with Crippen molar-refractivity contribution in [3.63, 3.8) is 0 Å². The summed E-state index contributed by atoms with van der Waals surface area (Å²) in [5.41, 5.74) is 1.62. The van der Waals surface area contributed by atoms with Gasteiger partial charge in [0, 0.05) is 23.8 Å². The minimum atomic E-state index is 0.294. The fourth-order valence-corrected chi connectivity index (χ4v) is 2.64. The van der Waals surface area contributed by atoms with Gasteiger partial charge in [0.1, 0.15) is 0 Å². The maximum atomic E-state index is 4.43. The van der Waals surface area contributed by atoms with Crippen molar-refractivity contribution in [2.75, 3.05) is 6.54 Å². The summed E-state index contributed by atoms with van der Waals surface area (Å²) in [6, 6.07) is 8.90. The van der Waals surface area contributed by atoms with Crippen LogP contribution in [0.5, 0.6) is 0 Å². The summed E-state index contributed by atoms with van der Waals surface area (Å²) in [5.74, 6) is 0. The zero-order chi connectivity index (χ0) is 14.6. The molecule has 0 aliphatic heterocycles. The molecule has 1 N–H and O–H groups in total. The van der Waals surface area contributed by atoms with Crippen LogP contribution in [0.4, 0.5) is 0 Å². The van der Waals surface area contributed by atoms with E-state index in [-0.39, 0.29) is 0 Å². The van der Waals surface area contributed by atoms with Crippen LogP contribution in [0.3, 0.4) is 0 Å². The first-order valence-corrected chi connectivity index (χ1v) is 7.57. The molecule has 0 aliphatic rings. The van der Waals surface area contributed by atoms with E-state index in [1.54, 1.807) is 0 Å². The quantitative estimate of drug-likeness (QED) is 0.851. The van der Waals surface area contributed by atoms with Gasteiger partial charge < -0.3 is 5.32 Å². The number of nitrogens with zero attached hydrogens (tertiary/aromatic N) is 1. The SMILES string of the molecule is CCCNC(CC(C)(C)C)c1cncc2ccccc12. The van der Waals surface area contributed by atoms with Crippen molar-refractivity contribution in [3.8, 4) is 0 Å². The molecule has 108 valence electrons. The highest BCUT2D eigenvalue weighted by Crippen LogP contribution is 2.32. The fraction of sp³-hybridized carbons (Fsp3) is 0.500. The van der Waals surface area contributed by atoms with Gasteiger partial charge in [0.2, 0.25) is 0 Å². The highest BCUT2D eigenvalue weighted by molar-refractivity contribution is 5.85. The lowest BCUT2D eigenvalue weighted by Gasteiger charge is -2.28. The van der Waals surface area contributed by atoms with Crippen LogP contribution in [-0.4, -0.2) is 11.5 Å². The first kappa shape index (κ1) is 15.0. The molecule has 1 aromatic carbocycles. The number of hydrogen-bond acceptors (Lipinski definition) is 2. The lowest BCUT2D eigenvalue weighted by Crippen LogP contribution is -2.26. The van der Waals surface area contributed by atoms with Crippen molar-refractivity contribution in [2.45, 2.75) is 46.6 Å². The minimum Gasteiger partial charge on any atom is -0.310 e. The number of rotatable bonds is 5. The third-order valence-electron chi connectivity index (χ3n) is 3.53. The van der Waals surface area contributed by atoms with Gasteiger partial charge in [0.05, 0.1) is 0 Å². The van der Waals surface area contributed by atoms with Gasteiger partial charge in [0.15, 0.2) is 0 Å². The zero-order valence-corrected chi connectivity index (χ0v) is 13.1. The van der Waals surface area contributed by atoms with Gasteiger partial charge in [-0.15, -0.1) is 0 Å². The Bertz CT molecular complexity index is 549. The smallest absolute Gasteiger partial charge is 0.0346 e. The second-order valence-electron chi connectivity index (χ2n) is 6.72. The Morgan fingerprint density at radius 3 is 2.60 bits per heavy atom. The van der Waals surface area contributed by atoms with Crippen LogP contribution in [0.2, 0.25) is 0 Å². The van der Waals surface area contributed by atoms with Crippen LogP contribution in [0.1, 0.15) is 52.1 Å². The molecule has 2 heteroatoms. The summed E-state index contributed by atoms with van der Waals surface area (Å²) in [4.78, 5) is 4.43. The third-order valence-corrected chi connectivity index (χ3v) is 3.53. The van der Waals surface area contributed by atoms with Crippen molar-refractivity contribution in [2.24, 2.45) is 5.41 Å². The summed E-state index contributed by atoms with van der Waals surface area (Å²) in [6.07, 6.45) is 6.25. The van der Waals surface area contributed by atoms with E-state index in [4.69, 9.17) is 0 Å². The van der Waals surface area contributed by atoms with Crippen LogP contribution in [0.15, 0.2) is 36.7 Å². The predicted octanol–water partition coefficient (Wildman–Crippen LogP) is 4.71. The molecule has 2 aromatic rings. The molecule has 0 bridgehead atoms. The van der Waals surface area contributed by atoms with E-state index in [0.717, 1.165) is 19.4 Å². The normalized spacial score (nSPS) is 13.6. The van der Waals surface area contributed by atoms with Crippen LogP contribution in [-0.2, 0) is 0 Å². The van der Waals surface area contributed by atoms with Crippen LogP contribution >= 0.6 is 0 Å². The van der Waals surface area contributed by atoms with Crippen LogP contribution in [0.25, 0.3) is 10.8 Å². The van der Waals surface area contributed by atoms with E-state index in [1.165, 1.54) is 16.3 Å². The lowest BCUT2D eigenvalue weighted by molar-refractivity contribution is 0.312. The summed E-state index contributed by atoms with van der Waals surface area (Å²) in [6.45, 7) is 10.1. The Kier molecular flexibility index (Phi) is 4.77. The molecular formula is C18H26N2. The lowest BCUT2D eigenvalue weighted by atomic mass is 9.84. The minimum absolute atomic E-state index is 0.294. The molecule has 2 nitrogen and oxygen atoms in total. The van der Waals surface area contributed by atoms with Crippen molar-refractivity contribution >= 4 is 10.8 Å².